The van der Waals surface area contributed by atoms with E-state index in [9.17, 15) is 0 Å². The summed E-state index contributed by atoms with van der Waals surface area (Å²) in [7, 11) is 1.66. The highest BCUT2D eigenvalue weighted by Gasteiger charge is 2.03. The zero-order valence-corrected chi connectivity index (χ0v) is 10.0. The van der Waals surface area contributed by atoms with Crippen molar-refractivity contribution in [2.45, 2.75) is 13.3 Å². The second kappa shape index (κ2) is 5.96. The third-order valence-electron chi connectivity index (χ3n) is 1.83. The first-order valence-electron chi connectivity index (χ1n) is 4.60. The Kier molecular flexibility index (Phi) is 4.87. The van der Waals surface area contributed by atoms with Crippen LogP contribution in [0.5, 0.6) is 0 Å². The molecule has 0 unspecified atom stereocenters. The number of allylic oxidation sites excluding steroid dienone is 1. The average molecular weight is 257 g/mol. The minimum Gasteiger partial charge on any atom is -0.204 e. The molecule has 3 heteroatoms. The van der Waals surface area contributed by atoms with E-state index in [0.29, 0.717) is 0 Å². The topological polar surface area (TPSA) is 25.8 Å². The van der Waals surface area contributed by atoms with Gasteiger partial charge in [-0.05, 0) is 18.6 Å². The molecule has 0 atom stereocenters. The van der Waals surface area contributed by atoms with E-state index in [1.807, 2.05) is 12.1 Å². The van der Waals surface area contributed by atoms with Crippen LogP contribution in [0.4, 0.5) is 5.69 Å². The van der Waals surface area contributed by atoms with Crippen molar-refractivity contribution in [2.24, 2.45) is 0 Å². The molecule has 1 aromatic carbocycles. The molecule has 0 spiro atoms. The van der Waals surface area contributed by atoms with Gasteiger partial charge in [-0.25, -0.2) is 4.84 Å². The lowest BCUT2D eigenvalue weighted by Crippen LogP contribution is -2.76. The molecule has 0 heterocycles. The fourth-order valence-electron chi connectivity index (χ4n) is 1.17. The molecule has 1 aromatic rings. The lowest BCUT2D eigenvalue weighted by Gasteiger charge is -2.01. The predicted molar refractivity (Wildman–Crippen MR) is 62.1 cm³/mol. The van der Waals surface area contributed by atoms with Gasteiger partial charge in [-0.3, -0.25) is 0 Å². The standard InChI is InChI=1S/C11H14BrNO/c1-3-4-5-9-8-10(12)6-7-11(9)13-14-2/h4-8,13H,3H2,1-2H3/p+1/b5-4-. The van der Waals surface area contributed by atoms with Crippen molar-refractivity contribution < 1.29 is 10.3 Å². The highest BCUT2D eigenvalue weighted by Crippen LogP contribution is 2.19. The number of hydrogen-bond acceptors (Lipinski definition) is 1. The Bertz CT molecular complexity index is 323. The van der Waals surface area contributed by atoms with Crippen LogP contribution in [-0.4, -0.2) is 7.11 Å². The van der Waals surface area contributed by atoms with Crippen LogP contribution in [0.3, 0.4) is 0 Å². The molecule has 2 N–H and O–H groups in total. The van der Waals surface area contributed by atoms with Crippen molar-refractivity contribution in [2.75, 3.05) is 7.11 Å². The monoisotopic (exact) mass is 256 g/mol. The Labute approximate surface area is 93.1 Å². The van der Waals surface area contributed by atoms with Crippen molar-refractivity contribution in [3.8, 4) is 0 Å². The molecule has 0 saturated heterocycles. The number of halogens is 1. The summed E-state index contributed by atoms with van der Waals surface area (Å²) in [5, 5.41) is 0. The molecule has 0 amide bonds. The van der Waals surface area contributed by atoms with Crippen molar-refractivity contribution in [3.05, 3.63) is 34.3 Å². The Morgan fingerprint density at radius 1 is 1.50 bits per heavy atom. The normalized spacial score (nSPS) is 11.1. The van der Waals surface area contributed by atoms with Crippen LogP contribution in [0.1, 0.15) is 18.9 Å². The molecule has 0 radical (unpaired) electrons. The zero-order chi connectivity index (χ0) is 10.4. The fourth-order valence-corrected chi connectivity index (χ4v) is 1.55. The smallest absolute Gasteiger partial charge is 0.169 e. The molecule has 0 bridgehead atoms. The van der Waals surface area contributed by atoms with Crippen LogP contribution < -0.4 is 5.48 Å². The van der Waals surface area contributed by atoms with Gasteiger partial charge in [0.05, 0.1) is 7.11 Å². The van der Waals surface area contributed by atoms with Crippen molar-refractivity contribution in [1.29, 1.82) is 0 Å². The minimum atomic E-state index is 1.04. The van der Waals surface area contributed by atoms with Crippen LogP contribution >= 0.6 is 15.9 Å². The van der Waals surface area contributed by atoms with Gasteiger partial charge in [-0.2, -0.15) is 5.48 Å². The fraction of sp³-hybridized carbons (Fsp3) is 0.273. The summed E-state index contributed by atoms with van der Waals surface area (Å²) in [4.78, 5) is 5.01. The van der Waals surface area contributed by atoms with Crippen molar-refractivity contribution in [3.63, 3.8) is 0 Å². The second-order valence-corrected chi connectivity index (χ2v) is 3.85. The summed E-state index contributed by atoms with van der Waals surface area (Å²) in [6, 6.07) is 6.12. The summed E-state index contributed by atoms with van der Waals surface area (Å²) in [5.74, 6) is 0. The lowest BCUT2D eigenvalue weighted by molar-refractivity contribution is -0.830. The summed E-state index contributed by atoms with van der Waals surface area (Å²) in [6.45, 7) is 2.12. The van der Waals surface area contributed by atoms with Gasteiger partial charge < -0.3 is 0 Å². The molecular formula is C11H15BrNO+. The number of benzene rings is 1. The van der Waals surface area contributed by atoms with E-state index in [0.717, 1.165) is 16.6 Å². The van der Waals surface area contributed by atoms with Gasteiger partial charge >= 0.3 is 0 Å². The van der Waals surface area contributed by atoms with E-state index >= 15 is 0 Å². The molecule has 0 aromatic heterocycles. The summed E-state index contributed by atoms with van der Waals surface area (Å²) in [6.07, 6.45) is 5.28. The van der Waals surface area contributed by atoms with Crippen LogP contribution in [0.25, 0.3) is 6.08 Å². The third kappa shape index (κ3) is 3.25. The molecule has 14 heavy (non-hydrogen) atoms. The van der Waals surface area contributed by atoms with Crippen LogP contribution in [0, 0.1) is 0 Å². The maximum atomic E-state index is 5.01. The maximum Gasteiger partial charge on any atom is 0.169 e. The zero-order valence-electron chi connectivity index (χ0n) is 8.46. The lowest BCUT2D eigenvalue weighted by atomic mass is 10.1. The second-order valence-electron chi connectivity index (χ2n) is 2.94. The minimum absolute atomic E-state index is 1.04. The molecule has 0 aliphatic carbocycles. The van der Waals surface area contributed by atoms with Gasteiger partial charge in [0.25, 0.3) is 0 Å². The predicted octanol–water partition coefficient (Wildman–Crippen LogP) is 2.63. The molecular weight excluding hydrogens is 242 g/mol. The van der Waals surface area contributed by atoms with Gasteiger partial charge in [-0.15, -0.1) is 0 Å². The van der Waals surface area contributed by atoms with Crippen LogP contribution in [-0.2, 0) is 4.84 Å². The number of quaternary nitrogens is 1. The molecule has 0 fully saturated rings. The molecule has 1 rings (SSSR count). The Morgan fingerprint density at radius 2 is 2.29 bits per heavy atom. The summed E-state index contributed by atoms with van der Waals surface area (Å²) in [5.41, 5.74) is 4.02. The van der Waals surface area contributed by atoms with Gasteiger partial charge in [-0.1, -0.05) is 35.0 Å². The SMILES string of the molecule is CC/C=C\c1cc(Br)ccc1[NH2+]OC. The Morgan fingerprint density at radius 3 is 2.93 bits per heavy atom. The van der Waals surface area contributed by atoms with Gasteiger partial charge in [0.15, 0.2) is 5.69 Å². The van der Waals surface area contributed by atoms with E-state index < -0.39 is 0 Å². The Hall–Kier alpha value is -0.640. The highest BCUT2D eigenvalue weighted by atomic mass is 79.9. The molecule has 0 aliphatic rings. The van der Waals surface area contributed by atoms with E-state index in [4.69, 9.17) is 4.84 Å². The molecule has 0 aliphatic heterocycles. The summed E-state index contributed by atoms with van der Waals surface area (Å²) < 4.78 is 1.08. The van der Waals surface area contributed by atoms with Gasteiger partial charge in [0.2, 0.25) is 0 Å². The van der Waals surface area contributed by atoms with Crippen molar-refractivity contribution >= 4 is 27.7 Å². The van der Waals surface area contributed by atoms with E-state index in [-0.39, 0.29) is 0 Å². The largest absolute Gasteiger partial charge is 0.204 e. The van der Waals surface area contributed by atoms with E-state index in [1.165, 1.54) is 5.56 Å². The molecule has 0 saturated carbocycles. The van der Waals surface area contributed by atoms with Crippen LogP contribution in [0.15, 0.2) is 28.7 Å². The quantitative estimate of drug-likeness (QED) is 0.651. The first-order chi connectivity index (χ1) is 6.77. The van der Waals surface area contributed by atoms with Crippen molar-refractivity contribution in [1.82, 2.24) is 0 Å². The number of hydrogen-bond donors (Lipinski definition) is 1. The first-order valence-corrected chi connectivity index (χ1v) is 5.39. The Balaban J connectivity index is 2.96. The molecule has 76 valence electrons. The highest BCUT2D eigenvalue weighted by molar-refractivity contribution is 9.10. The van der Waals surface area contributed by atoms with E-state index in [1.54, 1.807) is 12.6 Å². The van der Waals surface area contributed by atoms with Gasteiger partial charge in [0.1, 0.15) is 0 Å². The van der Waals surface area contributed by atoms with E-state index in [2.05, 4.69) is 41.1 Å². The van der Waals surface area contributed by atoms with Gasteiger partial charge in [0, 0.05) is 16.1 Å². The maximum absolute atomic E-state index is 5.01. The third-order valence-corrected chi connectivity index (χ3v) is 2.32. The molecule has 2 nitrogen and oxygen atoms in total. The first kappa shape index (κ1) is 11.4. The summed E-state index contributed by atoms with van der Waals surface area (Å²) >= 11 is 3.45. The average Bonchev–Trinajstić information content (AvgIpc) is 2.18. The number of nitrogens with two attached hydrogens (primary N) is 1. The number of rotatable bonds is 4. The van der Waals surface area contributed by atoms with Crippen LogP contribution in [0.2, 0.25) is 0 Å².